The van der Waals surface area contributed by atoms with Gasteiger partial charge in [0.25, 0.3) is 5.91 Å². The fourth-order valence-electron chi connectivity index (χ4n) is 1.77. The van der Waals surface area contributed by atoms with Crippen molar-refractivity contribution in [1.29, 1.82) is 0 Å². The van der Waals surface area contributed by atoms with Crippen molar-refractivity contribution < 1.29 is 14.3 Å². The lowest BCUT2D eigenvalue weighted by atomic mass is 10.1. The van der Waals surface area contributed by atoms with Crippen LogP contribution in [0.4, 0.5) is 4.39 Å². The Kier molecular flexibility index (Phi) is 3.80. The summed E-state index contributed by atoms with van der Waals surface area (Å²) in [6.07, 6.45) is 0. The second kappa shape index (κ2) is 5.52. The first kappa shape index (κ1) is 13.1. The molecule has 4 heteroatoms. The van der Waals surface area contributed by atoms with Crippen LogP contribution in [0, 0.1) is 12.7 Å². The van der Waals surface area contributed by atoms with E-state index < -0.39 is 11.7 Å². The summed E-state index contributed by atoms with van der Waals surface area (Å²) in [7, 11) is 0. The first-order valence-electron chi connectivity index (χ1n) is 5.89. The minimum Gasteiger partial charge on any atom is -0.508 e. The SMILES string of the molecule is Cc1cccc(C(=O)NCc2cccc(O)c2)c1F. The van der Waals surface area contributed by atoms with Crippen LogP contribution in [0.5, 0.6) is 5.75 Å². The van der Waals surface area contributed by atoms with Crippen molar-refractivity contribution in [3.05, 3.63) is 65.0 Å². The average molecular weight is 259 g/mol. The first-order chi connectivity index (χ1) is 9.08. The number of halogens is 1. The second-order valence-electron chi connectivity index (χ2n) is 4.29. The second-order valence-corrected chi connectivity index (χ2v) is 4.29. The van der Waals surface area contributed by atoms with Gasteiger partial charge in [-0.2, -0.15) is 0 Å². The van der Waals surface area contributed by atoms with Crippen LogP contribution in [0.2, 0.25) is 0 Å². The van der Waals surface area contributed by atoms with Crippen molar-refractivity contribution in [3.63, 3.8) is 0 Å². The smallest absolute Gasteiger partial charge is 0.254 e. The molecule has 0 unspecified atom stereocenters. The van der Waals surface area contributed by atoms with E-state index in [4.69, 9.17) is 0 Å². The zero-order chi connectivity index (χ0) is 13.8. The van der Waals surface area contributed by atoms with Gasteiger partial charge >= 0.3 is 0 Å². The van der Waals surface area contributed by atoms with Crippen molar-refractivity contribution in [2.24, 2.45) is 0 Å². The Bertz CT molecular complexity index is 611. The first-order valence-corrected chi connectivity index (χ1v) is 5.89. The molecule has 2 aromatic rings. The van der Waals surface area contributed by atoms with Gasteiger partial charge in [0.2, 0.25) is 0 Å². The summed E-state index contributed by atoms with van der Waals surface area (Å²) >= 11 is 0. The number of carbonyl (C=O) groups excluding carboxylic acids is 1. The molecule has 2 aromatic carbocycles. The lowest BCUT2D eigenvalue weighted by molar-refractivity contribution is 0.0946. The molecule has 19 heavy (non-hydrogen) atoms. The van der Waals surface area contributed by atoms with Gasteiger partial charge < -0.3 is 10.4 Å². The number of carbonyl (C=O) groups is 1. The zero-order valence-electron chi connectivity index (χ0n) is 10.5. The Morgan fingerprint density at radius 2 is 2.00 bits per heavy atom. The van der Waals surface area contributed by atoms with Gasteiger partial charge in [-0.05, 0) is 36.2 Å². The normalized spacial score (nSPS) is 10.2. The number of benzene rings is 2. The van der Waals surface area contributed by atoms with Gasteiger partial charge in [0, 0.05) is 6.54 Å². The molecule has 1 amide bonds. The fourth-order valence-corrected chi connectivity index (χ4v) is 1.77. The highest BCUT2D eigenvalue weighted by molar-refractivity contribution is 5.94. The van der Waals surface area contributed by atoms with Gasteiger partial charge in [-0.1, -0.05) is 24.3 Å². The standard InChI is InChI=1S/C15H14FNO2/c1-10-4-2-7-13(14(10)16)15(19)17-9-11-5-3-6-12(18)8-11/h2-8,18H,9H2,1H3,(H,17,19). The maximum atomic E-state index is 13.7. The molecule has 98 valence electrons. The van der Waals surface area contributed by atoms with Crippen molar-refractivity contribution in [2.75, 3.05) is 0 Å². The number of aromatic hydroxyl groups is 1. The minimum absolute atomic E-state index is 0.0279. The van der Waals surface area contributed by atoms with Gasteiger partial charge in [-0.25, -0.2) is 4.39 Å². The largest absolute Gasteiger partial charge is 0.508 e. The lowest BCUT2D eigenvalue weighted by Crippen LogP contribution is -2.24. The van der Waals surface area contributed by atoms with Crippen molar-refractivity contribution in [3.8, 4) is 5.75 Å². The number of hydrogen-bond donors (Lipinski definition) is 2. The molecule has 0 fully saturated rings. The predicted molar refractivity (Wildman–Crippen MR) is 70.4 cm³/mol. The van der Waals surface area contributed by atoms with Crippen LogP contribution in [-0.2, 0) is 6.54 Å². The maximum Gasteiger partial charge on any atom is 0.254 e. The number of hydrogen-bond acceptors (Lipinski definition) is 2. The van der Waals surface area contributed by atoms with Gasteiger partial charge in [0.1, 0.15) is 11.6 Å². The summed E-state index contributed by atoms with van der Waals surface area (Å²) < 4.78 is 13.7. The number of nitrogens with one attached hydrogen (secondary N) is 1. The van der Waals surface area contributed by atoms with E-state index in [9.17, 15) is 14.3 Å². The summed E-state index contributed by atoms with van der Waals surface area (Å²) in [5, 5.41) is 11.9. The quantitative estimate of drug-likeness (QED) is 0.890. The van der Waals surface area contributed by atoms with Crippen LogP contribution >= 0.6 is 0 Å². The van der Waals surface area contributed by atoms with E-state index in [2.05, 4.69) is 5.32 Å². The number of rotatable bonds is 3. The molecule has 0 radical (unpaired) electrons. The number of amides is 1. The van der Waals surface area contributed by atoms with E-state index in [0.29, 0.717) is 5.56 Å². The third kappa shape index (κ3) is 3.10. The molecule has 2 N–H and O–H groups in total. The van der Waals surface area contributed by atoms with Crippen LogP contribution in [0.15, 0.2) is 42.5 Å². The monoisotopic (exact) mass is 259 g/mol. The number of aryl methyl sites for hydroxylation is 1. The maximum absolute atomic E-state index is 13.7. The van der Waals surface area contributed by atoms with Crippen LogP contribution in [0.25, 0.3) is 0 Å². The summed E-state index contributed by atoms with van der Waals surface area (Å²) in [6.45, 7) is 1.85. The topological polar surface area (TPSA) is 49.3 Å². The van der Waals surface area contributed by atoms with Crippen LogP contribution in [0.3, 0.4) is 0 Å². The van der Waals surface area contributed by atoms with Crippen molar-refractivity contribution >= 4 is 5.91 Å². The molecule has 2 rings (SSSR count). The fraction of sp³-hybridized carbons (Fsp3) is 0.133. The van der Waals surface area contributed by atoms with Crippen molar-refractivity contribution in [2.45, 2.75) is 13.5 Å². The Labute approximate surface area is 110 Å². The lowest BCUT2D eigenvalue weighted by Gasteiger charge is -2.07. The Morgan fingerprint density at radius 3 is 2.74 bits per heavy atom. The molecule has 0 bridgehead atoms. The van der Waals surface area contributed by atoms with Crippen LogP contribution in [0.1, 0.15) is 21.5 Å². The summed E-state index contributed by atoms with van der Waals surface area (Å²) in [4.78, 5) is 11.9. The molecule has 3 nitrogen and oxygen atoms in total. The van der Waals surface area contributed by atoms with Crippen molar-refractivity contribution in [1.82, 2.24) is 5.32 Å². The highest BCUT2D eigenvalue weighted by atomic mass is 19.1. The molecule has 0 aliphatic heterocycles. The molecule has 0 heterocycles. The molecular formula is C15H14FNO2. The third-order valence-electron chi connectivity index (χ3n) is 2.80. The Balaban J connectivity index is 2.08. The van der Waals surface area contributed by atoms with E-state index in [1.165, 1.54) is 6.07 Å². The van der Waals surface area contributed by atoms with E-state index in [0.717, 1.165) is 5.56 Å². The summed E-state index contributed by atoms with van der Waals surface area (Å²) in [5.41, 5.74) is 1.21. The van der Waals surface area contributed by atoms with Gasteiger partial charge in [0.15, 0.2) is 0 Å². The zero-order valence-corrected chi connectivity index (χ0v) is 10.5. The van der Waals surface area contributed by atoms with E-state index >= 15 is 0 Å². The molecule has 0 aliphatic carbocycles. The Morgan fingerprint density at radius 1 is 1.26 bits per heavy atom. The van der Waals surface area contributed by atoms with Crippen LogP contribution < -0.4 is 5.32 Å². The molecule has 0 aliphatic rings. The number of phenols is 1. The highest BCUT2D eigenvalue weighted by Crippen LogP contribution is 2.13. The summed E-state index contributed by atoms with van der Waals surface area (Å²) in [5.74, 6) is -0.839. The predicted octanol–water partition coefficient (Wildman–Crippen LogP) is 2.77. The Hall–Kier alpha value is -2.36. The summed E-state index contributed by atoms with van der Waals surface area (Å²) in [6, 6.07) is 11.2. The molecule has 0 atom stereocenters. The molecule has 0 aromatic heterocycles. The van der Waals surface area contributed by atoms with E-state index in [1.54, 1.807) is 43.3 Å². The minimum atomic E-state index is -0.504. The molecule has 0 saturated carbocycles. The van der Waals surface area contributed by atoms with E-state index in [-0.39, 0.29) is 17.9 Å². The van der Waals surface area contributed by atoms with Gasteiger partial charge in [-0.3, -0.25) is 4.79 Å². The molecule has 0 saturated heterocycles. The number of phenolic OH excluding ortho intramolecular Hbond substituents is 1. The molecular weight excluding hydrogens is 245 g/mol. The van der Waals surface area contributed by atoms with E-state index in [1.807, 2.05) is 0 Å². The van der Waals surface area contributed by atoms with Gasteiger partial charge in [0.05, 0.1) is 5.56 Å². The highest BCUT2D eigenvalue weighted by Gasteiger charge is 2.12. The van der Waals surface area contributed by atoms with Gasteiger partial charge in [-0.15, -0.1) is 0 Å². The average Bonchev–Trinajstić information content (AvgIpc) is 2.39. The molecule has 0 spiro atoms. The van der Waals surface area contributed by atoms with Crippen LogP contribution in [-0.4, -0.2) is 11.0 Å². The third-order valence-corrected chi connectivity index (χ3v) is 2.80.